The second kappa shape index (κ2) is 10.6. The Balaban J connectivity index is 1.50. The Bertz CT molecular complexity index is 834. The van der Waals surface area contributed by atoms with Crippen LogP contribution in [0.3, 0.4) is 0 Å². The van der Waals surface area contributed by atoms with E-state index in [0.717, 1.165) is 49.2 Å². The van der Waals surface area contributed by atoms with Crippen LogP contribution in [0.5, 0.6) is 0 Å². The summed E-state index contributed by atoms with van der Waals surface area (Å²) >= 11 is 0. The highest BCUT2D eigenvalue weighted by Gasteiger charge is 2.30. The molecule has 1 aliphatic heterocycles. The van der Waals surface area contributed by atoms with Crippen LogP contribution in [0.15, 0.2) is 28.1 Å². The minimum absolute atomic E-state index is 0.269. The fraction of sp³-hybridized carbons (Fsp3) is 0.682. The third kappa shape index (κ3) is 6.18. The lowest BCUT2D eigenvalue weighted by Crippen LogP contribution is -2.45. The van der Waals surface area contributed by atoms with Crippen LogP contribution < -0.4 is 15.4 Å². The highest BCUT2D eigenvalue weighted by molar-refractivity contribution is 7.89. The summed E-state index contributed by atoms with van der Waals surface area (Å²) in [7, 11) is -3.53. The van der Waals surface area contributed by atoms with E-state index in [2.05, 4.69) is 25.2 Å². The highest BCUT2D eigenvalue weighted by atomic mass is 32.2. The normalized spacial score (nSPS) is 21.3. The number of guanidine groups is 1. The molecule has 1 unspecified atom stereocenters. The molecule has 1 aromatic rings. The molecule has 2 aliphatic rings. The monoisotopic (exact) mass is 435 g/mol. The van der Waals surface area contributed by atoms with E-state index in [0.29, 0.717) is 17.5 Å². The van der Waals surface area contributed by atoms with Gasteiger partial charge in [-0.3, -0.25) is 9.89 Å². The summed E-state index contributed by atoms with van der Waals surface area (Å²) in [6.07, 6.45) is 6.52. The molecule has 0 aromatic heterocycles. The molecule has 0 radical (unpaired) electrons. The zero-order valence-electron chi connectivity index (χ0n) is 18.6. The Hall–Kier alpha value is -1.64. The van der Waals surface area contributed by atoms with Crippen molar-refractivity contribution in [3.63, 3.8) is 0 Å². The highest BCUT2D eigenvalue weighted by Crippen LogP contribution is 2.26. The molecular formula is C22H37N5O2S. The molecule has 1 aliphatic carbocycles. The maximum absolute atomic E-state index is 12.6. The minimum Gasteiger partial charge on any atom is -0.357 e. The lowest BCUT2D eigenvalue weighted by molar-refractivity contribution is 0.242. The van der Waals surface area contributed by atoms with Crippen LogP contribution in [-0.4, -0.2) is 64.1 Å². The van der Waals surface area contributed by atoms with Gasteiger partial charge in [-0.05, 0) is 57.2 Å². The van der Waals surface area contributed by atoms with Crippen molar-refractivity contribution in [3.8, 4) is 0 Å². The zero-order chi connectivity index (χ0) is 21.6. The average Bonchev–Trinajstić information content (AvgIpc) is 3.39. The lowest BCUT2D eigenvalue weighted by atomic mass is 10.2. The molecule has 1 saturated heterocycles. The first-order chi connectivity index (χ1) is 14.4. The van der Waals surface area contributed by atoms with E-state index in [1.165, 1.54) is 25.7 Å². The summed E-state index contributed by atoms with van der Waals surface area (Å²) in [5, 5.41) is 6.82. The quantitative estimate of drug-likeness (QED) is 0.331. The number of rotatable bonds is 8. The van der Waals surface area contributed by atoms with Gasteiger partial charge in [0.05, 0.1) is 11.4 Å². The van der Waals surface area contributed by atoms with E-state index in [1.54, 1.807) is 6.07 Å². The van der Waals surface area contributed by atoms with E-state index in [4.69, 9.17) is 0 Å². The van der Waals surface area contributed by atoms with Crippen LogP contribution in [0, 0.1) is 13.8 Å². The second-order valence-electron chi connectivity index (χ2n) is 8.49. The Morgan fingerprint density at radius 2 is 1.97 bits per heavy atom. The molecule has 0 spiro atoms. The predicted molar refractivity (Wildman–Crippen MR) is 122 cm³/mol. The summed E-state index contributed by atoms with van der Waals surface area (Å²) in [6.45, 7) is 9.40. The van der Waals surface area contributed by atoms with Crippen LogP contribution in [0.2, 0.25) is 0 Å². The number of sulfonamides is 1. The molecule has 1 heterocycles. The number of hydrogen-bond acceptors (Lipinski definition) is 4. The Kier molecular flexibility index (Phi) is 8.13. The standard InChI is InChI=1S/C22H37N5O2S/c1-4-23-22(26-19-11-14-27(16-19)20-7-5-6-8-20)24-12-13-25-30(28,29)21-15-17(2)9-10-18(21)3/h9-10,15,19-20,25H,4-8,11-14,16H2,1-3H3,(H2,23,24,26). The van der Waals surface area contributed by atoms with Gasteiger partial charge in [0.25, 0.3) is 0 Å². The predicted octanol–water partition coefficient (Wildman–Crippen LogP) is 2.15. The third-order valence-electron chi connectivity index (χ3n) is 6.05. The number of nitrogens with zero attached hydrogens (tertiary/aromatic N) is 2. The number of aryl methyl sites for hydroxylation is 2. The van der Waals surface area contributed by atoms with Gasteiger partial charge in [0.15, 0.2) is 5.96 Å². The lowest BCUT2D eigenvalue weighted by Gasteiger charge is -2.24. The van der Waals surface area contributed by atoms with Crippen molar-refractivity contribution in [2.75, 3.05) is 32.7 Å². The minimum atomic E-state index is -3.53. The van der Waals surface area contributed by atoms with E-state index in [9.17, 15) is 8.42 Å². The first-order valence-corrected chi connectivity index (χ1v) is 12.7. The number of nitrogens with one attached hydrogen (secondary N) is 3. The number of likely N-dealkylation sites (tertiary alicyclic amines) is 1. The molecule has 1 aromatic carbocycles. The average molecular weight is 436 g/mol. The van der Waals surface area contributed by atoms with Crippen molar-refractivity contribution in [1.29, 1.82) is 0 Å². The zero-order valence-corrected chi connectivity index (χ0v) is 19.4. The van der Waals surface area contributed by atoms with Gasteiger partial charge in [-0.15, -0.1) is 0 Å². The van der Waals surface area contributed by atoms with Crippen molar-refractivity contribution in [2.45, 2.75) is 69.9 Å². The largest absolute Gasteiger partial charge is 0.357 e. The van der Waals surface area contributed by atoms with Crippen LogP contribution in [0.1, 0.15) is 50.2 Å². The van der Waals surface area contributed by atoms with Gasteiger partial charge in [-0.25, -0.2) is 13.1 Å². The van der Waals surface area contributed by atoms with Gasteiger partial charge in [-0.1, -0.05) is 25.0 Å². The van der Waals surface area contributed by atoms with Crippen molar-refractivity contribution in [2.24, 2.45) is 4.99 Å². The molecule has 8 heteroatoms. The number of benzene rings is 1. The molecule has 1 saturated carbocycles. The summed E-state index contributed by atoms with van der Waals surface area (Å²) < 4.78 is 27.9. The molecule has 168 valence electrons. The topological polar surface area (TPSA) is 85.8 Å². The van der Waals surface area contributed by atoms with E-state index in [1.807, 2.05) is 32.9 Å². The van der Waals surface area contributed by atoms with Crippen molar-refractivity contribution in [3.05, 3.63) is 29.3 Å². The van der Waals surface area contributed by atoms with E-state index >= 15 is 0 Å². The van der Waals surface area contributed by atoms with E-state index < -0.39 is 10.0 Å². The molecule has 1 atom stereocenters. The van der Waals surface area contributed by atoms with Crippen LogP contribution in [-0.2, 0) is 10.0 Å². The molecule has 2 fully saturated rings. The second-order valence-corrected chi connectivity index (χ2v) is 10.2. The Morgan fingerprint density at radius 1 is 1.20 bits per heavy atom. The van der Waals surface area contributed by atoms with Crippen molar-refractivity contribution < 1.29 is 8.42 Å². The van der Waals surface area contributed by atoms with Gasteiger partial charge >= 0.3 is 0 Å². The van der Waals surface area contributed by atoms with Crippen LogP contribution in [0.4, 0.5) is 0 Å². The third-order valence-corrected chi connectivity index (χ3v) is 7.66. The maximum Gasteiger partial charge on any atom is 0.240 e. The van der Waals surface area contributed by atoms with Gasteiger partial charge < -0.3 is 10.6 Å². The molecular weight excluding hydrogens is 398 g/mol. The van der Waals surface area contributed by atoms with E-state index in [-0.39, 0.29) is 6.54 Å². The maximum atomic E-state index is 12.6. The fourth-order valence-electron chi connectivity index (χ4n) is 4.44. The Morgan fingerprint density at radius 3 is 2.70 bits per heavy atom. The first kappa shape index (κ1) is 23.0. The number of hydrogen-bond donors (Lipinski definition) is 3. The molecule has 0 amide bonds. The molecule has 3 N–H and O–H groups in total. The van der Waals surface area contributed by atoms with Crippen molar-refractivity contribution >= 4 is 16.0 Å². The van der Waals surface area contributed by atoms with Gasteiger partial charge in [-0.2, -0.15) is 0 Å². The summed E-state index contributed by atoms with van der Waals surface area (Å²) in [5.41, 5.74) is 1.68. The Labute approximate surface area is 181 Å². The molecule has 3 rings (SSSR count). The first-order valence-electron chi connectivity index (χ1n) is 11.2. The SMILES string of the molecule is CCNC(=NCCNS(=O)(=O)c1cc(C)ccc1C)NC1CCN(C2CCCC2)C1. The van der Waals surface area contributed by atoms with Gasteiger partial charge in [0, 0.05) is 38.3 Å². The van der Waals surface area contributed by atoms with Gasteiger partial charge in [0.2, 0.25) is 10.0 Å². The molecule has 0 bridgehead atoms. The fourth-order valence-corrected chi connectivity index (χ4v) is 5.79. The molecule has 7 nitrogen and oxygen atoms in total. The van der Waals surface area contributed by atoms with Gasteiger partial charge in [0.1, 0.15) is 0 Å². The summed E-state index contributed by atoms with van der Waals surface area (Å²) in [5.74, 6) is 0.765. The number of aliphatic imine (C=N–C) groups is 1. The smallest absolute Gasteiger partial charge is 0.240 e. The summed E-state index contributed by atoms with van der Waals surface area (Å²) in [6, 6.07) is 6.63. The summed E-state index contributed by atoms with van der Waals surface area (Å²) in [4.78, 5) is 7.54. The van der Waals surface area contributed by atoms with Crippen LogP contribution >= 0.6 is 0 Å². The molecule has 30 heavy (non-hydrogen) atoms. The van der Waals surface area contributed by atoms with Crippen LogP contribution in [0.25, 0.3) is 0 Å². The van der Waals surface area contributed by atoms with Crippen molar-refractivity contribution in [1.82, 2.24) is 20.3 Å².